The van der Waals surface area contributed by atoms with Crippen molar-refractivity contribution in [3.63, 3.8) is 0 Å². The maximum atomic E-state index is 13.5. The summed E-state index contributed by atoms with van der Waals surface area (Å²) in [4.78, 5) is 13.5. The van der Waals surface area contributed by atoms with E-state index in [1.54, 1.807) is 32.4 Å². The number of fused-ring (bicyclic) bond motifs is 1. The van der Waals surface area contributed by atoms with E-state index in [-0.39, 0.29) is 5.91 Å². The second kappa shape index (κ2) is 8.65. The lowest BCUT2D eigenvalue weighted by molar-refractivity contribution is -0.113. The summed E-state index contributed by atoms with van der Waals surface area (Å²) in [6.45, 7) is 1.85. The molecule has 1 amide bonds. The number of allylic oxidation sites excluding steroid dienone is 1. The smallest absolute Gasteiger partial charge is 0.255 e. The average Bonchev–Trinajstić information content (AvgIpc) is 2.78. The summed E-state index contributed by atoms with van der Waals surface area (Å²) in [6, 6.07) is 19.0. The quantitative estimate of drug-likeness (QED) is 0.522. The molecule has 1 aliphatic heterocycles. The van der Waals surface area contributed by atoms with Crippen LogP contribution in [0.3, 0.4) is 0 Å². The molecule has 3 N–H and O–H groups in total. The third kappa shape index (κ3) is 4.04. The molecule has 0 fully saturated rings. The monoisotopic (exact) mass is 433 g/mol. The number of thiocarbonyl (C=S) groups is 1. The number of nitrogens with one attached hydrogen (secondary N) is 3. The molecule has 0 aromatic heterocycles. The zero-order chi connectivity index (χ0) is 22.0. The lowest BCUT2D eigenvalue weighted by Gasteiger charge is -2.31. The third-order valence-electron chi connectivity index (χ3n) is 5.30. The third-order valence-corrected chi connectivity index (χ3v) is 5.52. The standard InChI is InChI=1S/C24H23N3O3S/c1-14-21(23(28)26-19-13-16(29-2)11-12-20(19)30-3)22(27-24(31)25-14)18-10-6-8-15-7-4-5-9-17(15)18/h4-13,22H,1-3H3,(H,26,28)(H2,25,27,31)/t22-/m1/s1. The fraction of sp³-hybridized carbons (Fsp3) is 0.167. The van der Waals surface area contributed by atoms with Crippen molar-refractivity contribution in [2.75, 3.05) is 19.5 Å². The van der Waals surface area contributed by atoms with Crippen LogP contribution in [0.5, 0.6) is 11.5 Å². The predicted octanol–water partition coefficient (Wildman–Crippen LogP) is 4.29. The number of benzene rings is 3. The van der Waals surface area contributed by atoms with Gasteiger partial charge in [0.1, 0.15) is 11.5 Å². The van der Waals surface area contributed by atoms with Crippen LogP contribution >= 0.6 is 12.2 Å². The summed E-state index contributed by atoms with van der Waals surface area (Å²) in [5.74, 6) is 0.902. The van der Waals surface area contributed by atoms with E-state index in [4.69, 9.17) is 21.7 Å². The zero-order valence-corrected chi connectivity index (χ0v) is 18.3. The van der Waals surface area contributed by atoms with Crippen molar-refractivity contribution >= 4 is 39.7 Å². The van der Waals surface area contributed by atoms with Gasteiger partial charge in [0, 0.05) is 11.8 Å². The minimum Gasteiger partial charge on any atom is -0.497 e. The molecule has 31 heavy (non-hydrogen) atoms. The Morgan fingerprint density at radius 3 is 2.58 bits per heavy atom. The molecule has 0 unspecified atom stereocenters. The highest BCUT2D eigenvalue weighted by Crippen LogP contribution is 2.34. The molecular weight excluding hydrogens is 410 g/mol. The van der Waals surface area contributed by atoms with Crippen LogP contribution in [0.4, 0.5) is 5.69 Å². The van der Waals surface area contributed by atoms with Crippen LogP contribution in [-0.4, -0.2) is 25.2 Å². The van der Waals surface area contributed by atoms with Crippen LogP contribution in [0.15, 0.2) is 71.9 Å². The van der Waals surface area contributed by atoms with Crippen molar-refractivity contribution in [1.29, 1.82) is 0 Å². The van der Waals surface area contributed by atoms with Gasteiger partial charge >= 0.3 is 0 Å². The van der Waals surface area contributed by atoms with Crippen molar-refractivity contribution in [2.45, 2.75) is 13.0 Å². The maximum absolute atomic E-state index is 13.5. The molecule has 0 bridgehead atoms. The number of methoxy groups -OCH3 is 2. The van der Waals surface area contributed by atoms with E-state index in [0.29, 0.717) is 33.6 Å². The maximum Gasteiger partial charge on any atom is 0.255 e. The molecule has 7 heteroatoms. The normalized spacial score (nSPS) is 15.8. The van der Waals surface area contributed by atoms with Gasteiger partial charge in [0.25, 0.3) is 5.91 Å². The molecule has 0 saturated heterocycles. The highest BCUT2D eigenvalue weighted by Gasteiger charge is 2.31. The number of hydrogen-bond donors (Lipinski definition) is 3. The Morgan fingerprint density at radius 2 is 1.81 bits per heavy atom. The molecule has 0 aliphatic carbocycles. The Balaban J connectivity index is 1.77. The molecular formula is C24H23N3O3S. The number of carbonyl (C=O) groups excluding carboxylic acids is 1. The Labute approximate surface area is 186 Å². The number of amides is 1. The van der Waals surface area contributed by atoms with Gasteiger partial charge in [0.05, 0.1) is 31.5 Å². The Kier molecular flexibility index (Phi) is 5.77. The number of ether oxygens (including phenoxy) is 2. The summed E-state index contributed by atoms with van der Waals surface area (Å²) in [6.07, 6.45) is 0. The van der Waals surface area contributed by atoms with Gasteiger partial charge in [-0.15, -0.1) is 0 Å². The van der Waals surface area contributed by atoms with Crippen LogP contribution in [0.2, 0.25) is 0 Å². The van der Waals surface area contributed by atoms with Gasteiger partial charge in [0.15, 0.2) is 5.11 Å². The second-order valence-corrected chi connectivity index (χ2v) is 7.57. The minimum atomic E-state index is -0.406. The fourth-order valence-corrected chi connectivity index (χ4v) is 4.10. The Hall–Kier alpha value is -3.58. The van der Waals surface area contributed by atoms with E-state index in [0.717, 1.165) is 16.3 Å². The Bertz CT molecular complexity index is 1200. The first-order chi connectivity index (χ1) is 15.0. The van der Waals surface area contributed by atoms with Gasteiger partial charge in [-0.2, -0.15) is 0 Å². The van der Waals surface area contributed by atoms with Gasteiger partial charge in [-0.25, -0.2) is 0 Å². The summed E-state index contributed by atoms with van der Waals surface area (Å²) >= 11 is 5.40. The van der Waals surface area contributed by atoms with Crippen molar-refractivity contribution < 1.29 is 14.3 Å². The zero-order valence-electron chi connectivity index (χ0n) is 17.5. The summed E-state index contributed by atoms with van der Waals surface area (Å²) in [7, 11) is 3.13. The van der Waals surface area contributed by atoms with Gasteiger partial charge in [0.2, 0.25) is 0 Å². The lowest BCUT2D eigenvalue weighted by Crippen LogP contribution is -2.45. The highest BCUT2D eigenvalue weighted by molar-refractivity contribution is 7.80. The SMILES string of the molecule is COc1ccc(OC)c(NC(=O)C2=C(C)NC(=S)N[C@@H]2c2cccc3ccccc23)c1. The van der Waals surface area contributed by atoms with E-state index in [1.807, 2.05) is 37.3 Å². The first-order valence-corrected chi connectivity index (χ1v) is 10.2. The molecule has 0 saturated carbocycles. The summed E-state index contributed by atoms with van der Waals surface area (Å²) in [5.41, 5.74) is 2.75. The van der Waals surface area contributed by atoms with E-state index in [2.05, 4.69) is 28.1 Å². The molecule has 1 atom stereocenters. The number of hydrogen-bond acceptors (Lipinski definition) is 4. The second-order valence-electron chi connectivity index (χ2n) is 7.16. The van der Waals surface area contributed by atoms with Crippen LogP contribution in [0.1, 0.15) is 18.5 Å². The summed E-state index contributed by atoms with van der Waals surface area (Å²) < 4.78 is 10.7. The molecule has 3 aromatic rings. The molecule has 1 aliphatic rings. The molecule has 0 radical (unpaired) electrons. The number of carbonyl (C=O) groups is 1. The number of rotatable bonds is 5. The van der Waals surface area contributed by atoms with Crippen molar-refractivity contribution in [1.82, 2.24) is 10.6 Å². The van der Waals surface area contributed by atoms with Crippen molar-refractivity contribution in [3.8, 4) is 11.5 Å². The molecule has 158 valence electrons. The van der Waals surface area contributed by atoms with Gasteiger partial charge in [-0.05, 0) is 47.6 Å². The van der Waals surface area contributed by atoms with E-state index >= 15 is 0 Å². The van der Waals surface area contributed by atoms with Gasteiger partial charge in [-0.3, -0.25) is 4.79 Å². The lowest BCUT2D eigenvalue weighted by atomic mass is 9.91. The first kappa shape index (κ1) is 20.7. The van der Waals surface area contributed by atoms with Crippen LogP contribution in [0, 0.1) is 0 Å². The van der Waals surface area contributed by atoms with E-state index in [9.17, 15) is 4.79 Å². The highest BCUT2D eigenvalue weighted by atomic mass is 32.1. The van der Waals surface area contributed by atoms with Crippen LogP contribution in [0.25, 0.3) is 10.8 Å². The van der Waals surface area contributed by atoms with Crippen LogP contribution < -0.4 is 25.4 Å². The minimum absolute atomic E-state index is 0.260. The predicted molar refractivity (Wildman–Crippen MR) is 126 cm³/mol. The average molecular weight is 434 g/mol. The largest absolute Gasteiger partial charge is 0.497 e. The summed E-state index contributed by atoms with van der Waals surface area (Å²) in [5, 5.41) is 12.0. The first-order valence-electron chi connectivity index (χ1n) is 9.81. The van der Waals surface area contributed by atoms with Gasteiger partial charge < -0.3 is 25.4 Å². The fourth-order valence-electron chi connectivity index (χ4n) is 3.83. The molecule has 1 heterocycles. The molecule has 0 spiro atoms. The topological polar surface area (TPSA) is 71.6 Å². The van der Waals surface area contributed by atoms with Crippen molar-refractivity contribution in [3.05, 3.63) is 77.5 Å². The van der Waals surface area contributed by atoms with Crippen molar-refractivity contribution in [2.24, 2.45) is 0 Å². The van der Waals surface area contributed by atoms with E-state index < -0.39 is 6.04 Å². The van der Waals surface area contributed by atoms with E-state index in [1.165, 1.54) is 0 Å². The van der Waals surface area contributed by atoms with Crippen LogP contribution in [-0.2, 0) is 4.79 Å². The molecule has 4 rings (SSSR count). The molecule has 6 nitrogen and oxygen atoms in total. The molecule has 3 aromatic carbocycles. The Morgan fingerprint density at radius 1 is 1.03 bits per heavy atom. The number of anilines is 1. The van der Waals surface area contributed by atoms with Gasteiger partial charge in [-0.1, -0.05) is 42.5 Å².